The molecule has 0 bridgehead atoms. The van der Waals surface area contributed by atoms with Crippen LogP contribution in [0.15, 0.2) is 42.6 Å². The number of pyridine rings is 1. The Morgan fingerprint density at radius 2 is 1.84 bits per heavy atom. The molecule has 2 rings (SSSR count). The quantitative estimate of drug-likeness (QED) is 0.912. The lowest BCUT2D eigenvalue weighted by Gasteiger charge is -2.15. The van der Waals surface area contributed by atoms with Crippen LogP contribution in [-0.4, -0.2) is 4.98 Å². The van der Waals surface area contributed by atoms with Gasteiger partial charge in [0.25, 0.3) is 0 Å². The molecule has 3 nitrogen and oxygen atoms in total. The molecule has 96 valence electrons. The molecule has 2 aromatic rings. The number of nitrogens with two attached hydrogens (primary N) is 1. The topological polar surface area (TPSA) is 62.7 Å². The molecule has 0 aliphatic heterocycles. The second kappa shape index (κ2) is 5.21. The molecule has 0 amide bonds. The summed E-state index contributed by atoms with van der Waals surface area (Å²) in [6.45, 7) is 4.33. The Kier molecular flexibility index (Phi) is 3.64. The summed E-state index contributed by atoms with van der Waals surface area (Å²) in [6, 6.07) is 14.2. The molecule has 1 aromatic carbocycles. The fourth-order valence-electron chi connectivity index (χ4n) is 1.84. The van der Waals surface area contributed by atoms with Crippen molar-refractivity contribution in [3.63, 3.8) is 0 Å². The van der Waals surface area contributed by atoms with Crippen molar-refractivity contribution in [2.24, 2.45) is 5.73 Å². The average Bonchev–Trinajstić information content (AvgIpc) is 2.47. The third kappa shape index (κ3) is 2.81. The lowest BCUT2D eigenvalue weighted by molar-refractivity contribution is 0.687. The van der Waals surface area contributed by atoms with Crippen LogP contribution in [0.5, 0.6) is 0 Å². The summed E-state index contributed by atoms with van der Waals surface area (Å²) in [4.78, 5) is 4.39. The van der Waals surface area contributed by atoms with Crippen molar-refractivity contribution >= 4 is 0 Å². The van der Waals surface area contributed by atoms with Gasteiger partial charge in [0, 0.05) is 18.3 Å². The van der Waals surface area contributed by atoms with Crippen LogP contribution in [0.25, 0.3) is 11.3 Å². The van der Waals surface area contributed by atoms with Crippen LogP contribution in [0, 0.1) is 11.3 Å². The molecule has 0 aliphatic rings. The second-order valence-electron chi connectivity index (χ2n) is 5.07. The zero-order valence-electron chi connectivity index (χ0n) is 11.2. The first kappa shape index (κ1) is 13.3. The minimum absolute atomic E-state index is 0.463. The van der Waals surface area contributed by atoms with Gasteiger partial charge in [0.15, 0.2) is 0 Å². The van der Waals surface area contributed by atoms with Crippen molar-refractivity contribution in [2.75, 3.05) is 0 Å². The van der Waals surface area contributed by atoms with Crippen LogP contribution >= 0.6 is 0 Å². The number of aromatic nitrogens is 1. The number of rotatable bonds is 3. The van der Waals surface area contributed by atoms with E-state index in [9.17, 15) is 0 Å². The van der Waals surface area contributed by atoms with Gasteiger partial charge in [0.05, 0.1) is 17.2 Å². The first-order chi connectivity index (χ1) is 9.06. The SMILES string of the molecule is CC(C)(C#N)c1ccc(-c2ccc(CN)cn2)cc1. The Balaban J connectivity index is 2.30. The highest BCUT2D eigenvalue weighted by molar-refractivity contribution is 5.60. The molecule has 0 spiro atoms. The van der Waals surface area contributed by atoms with Gasteiger partial charge < -0.3 is 5.73 Å². The van der Waals surface area contributed by atoms with Crippen molar-refractivity contribution in [1.29, 1.82) is 5.26 Å². The molecule has 2 N–H and O–H groups in total. The van der Waals surface area contributed by atoms with Crippen molar-refractivity contribution in [2.45, 2.75) is 25.8 Å². The Morgan fingerprint density at radius 3 is 2.32 bits per heavy atom. The smallest absolute Gasteiger partial charge is 0.0766 e. The molecule has 0 saturated carbocycles. The maximum atomic E-state index is 9.12. The Hall–Kier alpha value is -2.18. The first-order valence-electron chi connectivity index (χ1n) is 6.24. The van der Waals surface area contributed by atoms with E-state index in [1.54, 1.807) is 6.20 Å². The number of benzene rings is 1. The van der Waals surface area contributed by atoms with Crippen LogP contribution < -0.4 is 5.73 Å². The van der Waals surface area contributed by atoms with E-state index in [2.05, 4.69) is 11.1 Å². The molecule has 19 heavy (non-hydrogen) atoms. The van der Waals surface area contributed by atoms with Gasteiger partial charge in [-0.05, 0) is 31.0 Å². The van der Waals surface area contributed by atoms with E-state index in [0.717, 1.165) is 22.4 Å². The molecular formula is C16H17N3. The highest BCUT2D eigenvalue weighted by Gasteiger charge is 2.19. The summed E-state index contributed by atoms with van der Waals surface area (Å²) in [7, 11) is 0. The van der Waals surface area contributed by atoms with Crippen LogP contribution in [0.1, 0.15) is 25.0 Å². The minimum Gasteiger partial charge on any atom is -0.326 e. The second-order valence-corrected chi connectivity index (χ2v) is 5.07. The van der Waals surface area contributed by atoms with E-state index in [1.165, 1.54) is 0 Å². The highest BCUT2D eigenvalue weighted by atomic mass is 14.7. The number of nitrogens with zero attached hydrogens (tertiary/aromatic N) is 2. The summed E-state index contributed by atoms with van der Waals surface area (Å²) in [5.41, 5.74) is 9.08. The van der Waals surface area contributed by atoms with Crippen molar-refractivity contribution in [3.8, 4) is 17.3 Å². The average molecular weight is 251 g/mol. The molecule has 0 fully saturated rings. The third-order valence-electron chi connectivity index (χ3n) is 3.24. The fourth-order valence-corrected chi connectivity index (χ4v) is 1.84. The van der Waals surface area contributed by atoms with E-state index in [0.29, 0.717) is 6.54 Å². The van der Waals surface area contributed by atoms with Gasteiger partial charge in [-0.25, -0.2) is 0 Å². The monoisotopic (exact) mass is 251 g/mol. The highest BCUT2D eigenvalue weighted by Crippen LogP contribution is 2.25. The lowest BCUT2D eigenvalue weighted by Crippen LogP contribution is -2.13. The molecule has 1 aromatic heterocycles. The Bertz CT molecular complexity index is 589. The zero-order chi connectivity index (χ0) is 13.9. The standard InChI is InChI=1S/C16H17N3/c1-16(2,11-18)14-6-4-13(5-7-14)15-8-3-12(9-17)10-19-15/h3-8,10H,9,17H2,1-2H3. The lowest BCUT2D eigenvalue weighted by atomic mass is 9.86. The van der Waals surface area contributed by atoms with Crippen molar-refractivity contribution < 1.29 is 0 Å². The summed E-state index contributed by atoms with van der Waals surface area (Å²) in [5, 5.41) is 9.12. The summed E-state index contributed by atoms with van der Waals surface area (Å²) in [5.74, 6) is 0. The fraction of sp³-hybridized carbons (Fsp3) is 0.250. The van der Waals surface area contributed by atoms with Crippen molar-refractivity contribution in [3.05, 3.63) is 53.7 Å². The molecule has 0 aliphatic carbocycles. The molecule has 0 atom stereocenters. The van der Waals surface area contributed by atoms with Gasteiger partial charge in [-0.1, -0.05) is 30.3 Å². The van der Waals surface area contributed by atoms with Crippen LogP contribution in [0.2, 0.25) is 0 Å². The first-order valence-corrected chi connectivity index (χ1v) is 6.24. The van der Waals surface area contributed by atoms with Gasteiger partial charge in [-0.3, -0.25) is 4.98 Å². The number of hydrogen-bond donors (Lipinski definition) is 1. The zero-order valence-corrected chi connectivity index (χ0v) is 11.2. The molecular weight excluding hydrogens is 234 g/mol. The van der Waals surface area contributed by atoms with E-state index in [-0.39, 0.29) is 0 Å². The normalized spacial score (nSPS) is 11.1. The summed E-state index contributed by atoms with van der Waals surface area (Å²) >= 11 is 0. The predicted octanol–water partition coefficient (Wildman–Crippen LogP) is 3.01. The Labute approximate surface area is 113 Å². The Morgan fingerprint density at radius 1 is 1.16 bits per heavy atom. The van der Waals surface area contributed by atoms with E-state index >= 15 is 0 Å². The van der Waals surface area contributed by atoms with E-state index in [1.807, 2.05) is 50.2 Å². The molecule has 0 radical (unpaired) electrons. The number of hydrogen-bond acceptors (Lipinski definition) is 3. The van der Waals surface area contributed by atoms with Crippen molar-refractivity contribution in [1.82, 2.24) is 4.98 Å². The van der Waals surface area contributed by atoms with E-state index < -0.39 is 5.41 Å². The van der Waals surface area contributed by atoms with Gasteiger partial charge in [-0.2, -0.15) is 5.26 Å². The van der Waals surface area contributed by atoms with Crippen LogP contribution in [-0.2, 0) is 12.0 Å². The largest absolute Gasteiger partial charge is 0.326 e. The molecule has 3 heteroatoms. The number of nitriles is 1. The van der Waals surface area contributed by atoms with Gasteiger partial charge in [0.1, 0.15) is 0 Å². The van der Waals surface area contributed by atoms with Gasteiger partial charge in [-0.15, -0.1) is 0 Å². The maximum Gasteiger partial charge on any atom is 0.0766 e. The minimum atomic E-state index is -0.463. The van der Waals surface area contributed by atoms with Crippen LogP contribution in [0.3, 0.4) is 0 Å². The summed E-state index contributed by atoms with van der Waals surface area (Å²) in [6.07, 6.45) is 1.79. The third-order valence-corrected chi connectivity index (χ3v) is 3.24. The molecule has 1 heterocycles. The van der Waals surface area contributed by atoms with Crippen LogP contribution in [0.4, 0.5) is 0 Å². The molecule has 0 saturated heterocycles. The van der Waals surface area contributed by atoms with Gasteiger partial charge >= 0.3 is 0 Å². The maximum absolute atomic E-state index is 9.12. The van der Waals surface area contributed by atoms with Gasteiger partial charge in [0.2, 0.25) is 0 Å². The summed E-state index contributed by atoms with van der Waals surface area (Å²) < 4.78 is 0. The van der Waals surface area contributed by atoms with E-state index in [4.69, 9.17) is 11.0 Å². The molecule has 0 unspecified atom stereocenters. The predicted molar refractivity (Wildman–Crippen MR) is 76.2 cm³/mol.